The number of rotatable bonds is 2. The lowest BCUT2D eigenvalue weighted by Crippen LogP contribution is -2.10. The average Bonchev–Trinajstić information content (AvgIpc) is 2.74. The quantitative estimate of drug-likeness (QED) is 0.546. The van der Waals surface area contributed by atoms with Crippen LogP contribution in [0.4, 0.5) is 4.39 Å². The lowest BCUT2D eigenvalue weighted by molar-refractivity contribution is 0.390. The van der Waals surface area contributed by atoms with Crippen molar-refractivity contribution in [2.24, 2.45) is 5.41 Å². The van der Waals surface area contributed by atoms with Crippen LogP contribution >= 0.6 is 22.6 Å². The van der Waals surface area contributed by atoms with Crippen molar-refractivity contribution >= 4 is 22.6 Å². The molecule has 0 bridgehead atoms. The zero-order valence-corrected chi connectivity index (χ0v) is 14.7. The molecule has 1 heterocycles. The van der Waals surface area contributed by atoms with E-state index in [0.717, 1.165) is 34.2 Å². The largest absolute Gasteiger partial charge is 0.233 e. The third-order valence-electron chi connectivity index (χ3n) is 4.03. The van der Waals surface area contributed by atoms with Gasteiger partial charge in [-0.3, -0.25) is 0 Å². The van der Waals surface area contributed by atoms with Crippen LogP contribution in [0.5, 0.6) is 0 Å². The SMILES string of the molecule is Cc1nc(-c2cc(CI)ccc2F)nc2c1CC(C)(C)C2. The Balaban J connectivity index is 2.12. The van der Waals surface area contributed by atoms with Gasteiger partial charge in [0.2, 0.25) is 0 Å². The van der Waals surface area contributed by atoms with E-state index >= 15 is 0 Å². The Morgan fingerprint density at radius 1 is 1.24 bits per heavy atom. The Morgan fingerprint density at radius 3 is 2.71 bits per heavy atom. The van der Waals surface area contributed by atoms with Crippen molar-refractivity contribution in [1.82, 2.24) is 9.97 Å². The van der Waals surface area contributed by atoms with E-state index in [-0.39, 0.29) is 11.2 Å². The molecule has 0 unspecified atom stereocenters. The van der Waals surface area contributed by atoms with E-state index in [9.17, 15) is 4.39 Å². The predicted molar refractivity (Wildman–Crippen MR) is 91.1 cm³/mol. The molecule has 1 aliphatic rings. The van der Waals surface area contributed by atoms with Gasteiger partial charge in [0.15, 0.2) is 5.82 Å². The van der Waals surface area contributed by atoms with Gasteiger partial charge in [-0.25, -0.2) is 14.4 Å². The minimum absolute atomic E-state index is 0.225. The second-order valence-corrected chi connectivity index (χ2v) is 7.29. The molecule has 0 aliphatic heterocycles. The molecule has 0 atom stereocenters. The molecule has 0 saturated carbocycles. The van der Waals surface area contributed by atoms with Crippen LogP contribution in [0.3, 0.4) is 0 Å². The molecule has 0 N–H and O–H groups in total. The Bertz CT molecular complexity index is 710. The van der Waals surface area contributed by atoms with Gasteiger partial charge in [-0.05, 0) is 48.4 Å². The van der Waals surface area contributed by atoms with Gasteiger partial charge in [0.1, 0.15) is 5.82 Å². The van der Waals surface area contributed by atoms with Crippen molar-refractivity contribution < 1.29 is 4.39 Å². The minimum Gasteiger partial charge on any atom is -0.233 e. The van der Waals surface area contributed by atoms with Crippen LogP contribution in [0, 0.1) is 18.2 Å². The van der Waals surface area contributed by atoms with Gasteiger partial charge in [-0.15, -0.1) is 0 Å². The summed E-state index contributed by atoms with van der Waals surface area (Å²) in [5.74, 6) is 0.272. The van der Waals surface area contributed by atoms with Crippen molar-refractivity contribution in [3.63, 3.8) is 0 Å². The maximum Gasteiger partial charge on any atom is 0.162 e. The summed E-state index contributed by atoms with van der Waals surface area (Å²) in [5.41, 5.74) is 5.15. The second-order valence-electron chi connectivity index (χ2n) is 6.52. The fourth-order valence-corrected chi connectivity index (χ4v) is 3.45. The first-order valence-electron chi connectivity index (χ1n) is 7.11. The van der Waals surface area contributed by atoms with Crippen molar-refractivity contribution in [1.29, 1.82) is 0 Å². The zero-order valence-electron chi connectivity index (χ0n) is 12.5. The highest BCUT2D eigenvalue weighted by Gasteiger charge is 2.31. The first-order chi connectivity index (χ1) is 9.89. The molecule has 1 aromatic carbocycles. The van der Waals surface area contributed by atoms with Gasteiger partial charge in [-0.1, -0.05) is 42.5 Å². The third kappa shape index (κ3) is 2.82. The summed E-state index contributed by atoms with van der Waals surface area (Å²) in [6, 6.07) is 5.19. The maximum atomic E-state index is 14.1. The number of halogens is 2. The number of aryl methyl sites for hydroxylation is 1. The highest BCUT2D eigenvalue weighted by Crippen LogP contribution is 2.37. The number of nitrogens with zero attached hydrogens (tertiary/aromatic N) is 2. The van der Waals surface area contributed by atoms with E-state index in [4.69, 9.17) is 0 Å². The van der Waals surface area contributed by atoms with Crippen molar-refractivity contribution in [2.75, 3.05) is 0 Å². The summed E-state index contributed by atoms with van der Waals surface area (Å²) in [6.07, 6.45) is 1.94. The molecule has 0 amide bonds. The Morgan fingerprint density at radius 2 is 2.00 bits per heavy atom. The first kappa shape index (κ1) is 14.9. The van der Waals surface area contributed by atoms with E-state index in [1.54, 1.807) is 0 Å². The van der Waals surface area contributed by atoms with Crippen LogP contribution < -0.4 is 0 Å². The van der Waals surface area contributed by atoms with Crippen LogP contribution in [0.25, 0.3) is 11.4 Å². The van der Waals surface area contributed by atoms with Gasteiger partial charge in [-0.2, -0.15) is 0 Å². The molecule has 0 radical (unpaired) electrons. The second kappa shape index (κ2) is 5.30. The van der Waals surface area contributed by atoms with E-state index in [0.29, 0.717) is 11.4 Å². The van der Waals surface area contributed by atoms with Crippen molar-refractivity contribution in [3.05, 3.63) is 46.5 Å². The lowest BCUT2D eigenvalue weighted by Gasteiger charge is -2.14. The van der Waals surface area contributed by atoms with E-state index in [2.05, 4.69) is 46.4 Å². The maximum absolute atomic E-state index is 14.1. The van der Waals surface area contributed by atoms with Gasteiger partial charge in [0.25, 0.3) is 0 Å². The molecule has 3 rings (SSSR count). The normalized spacial score (nSPS) is 16.0. The van der Waals surface area contributed by atoms with Crippen LogP contribution in [-0.2, 0) is 17.3 Å². The molecule has 0 fully saturated rings. The van der Waals surface area contributed by atoms with Crippen LogP contribution in [-0.4, -0.2) is 9.97 Å². The fourth-order valence-electron chi connectivity index (χ4n) is 2.97. The first-order valence-corrected chi connectivity index (χ1v) is 8.63. The summed E-state index contributed by atoms with van der Waals surface area (Å²) in [5, 5.41) is 0. The number of alkyl halides is 1. The van der Waals surface area contributed by atoms with Gasteiger partial charge in [0, 0.05) is 15.8 Å². The molecule has 4 heteroatoms. The highest BCUT2D eigenvalue weighted by molar-refractivity contribution is 14.1. The fraction of sp³-hybridized carbons (Fsp3) is 0.412. The molecule has 0 spiro atoms. The average molecular weight is 396 g/mol. The zero-order chi connectivity index (χ0) is 15.2. The molecule has 0 saturated heterocycles. The molecular formula is C17H18FIN2. The lowest BCUT2D eigenvalue weighted by atomic mass is 9.90. The van der Waals surface area contributed by atoms with E-state index < -0.39 is 0 Å². The summed E-state index contributed by atoms with van der Waals surface area (Å²) in [6.45, 7) is 6.49. The summed E-state index contributed by atoms with van der Waals surface area (Å²) >= 11 is 2.28. The molecule has 2 nitrogen and oxygen atoms in total. The van der Waals surface area contributed by atoms with Gasteiger partial charge < -0.3 is 0 Å². The number of benzene rings is 1. The number of hydrogen-bond acceptors (Lipinski definition) is 2. The van der Waals surface area contributed by atoms with Crippen molar-refractivity contribution in [3.8, 4) is 11.4 Å². The highest BCUT2D eigenvalue weighted by atomic mass is 127. The monoisotopic (exact) mass is 396 g/mol. The summed E-state index contributed by atoms with van der Waals surface area (Å²) < 4.78 is 15.0. The van der Waals surface area contributed by atoms with Crippen LogP contribution in [0.1, 0.15) is 36.4 Å². The standard InChI is InChI=1S/C17H18FIN2/c1-10-13-7-17(2,3)8-15(13)21-16(20-10)12-6-11(9-19)4-5-14(12)18/h4-6H,7-9H2,1-3H3. The molecular weight excluding hydrogens is 378 g/mol. The molecule has 1 aromatic heterocycles. The molecule has 1 aliphatic carbocycles. The number of aromatic nitrogens is 2. The third-order valence-corrected chi connectivity index (χ3v) is 4.91. The number of fused-ring (bicyclic) bond motifs is 1. The van der Waals surface area contributed by atoms with Crippen LogP contribution in [0.15, 0.2) is 18.2 Å². The Labute approximate surface area is 138 Å². The van der Waals surface area contributed by atoms with Crippen molar-refractivity contribution in [2.45, 2.75) is 38.0 Å². The Kier molecular flexibility index (Phi) is 3.76. The smallest absolute Gasteiger partial charge is 0.162 e. The molecule has 110 valence electrons. The minimum atomic E-state index is -0.250. The van der Waals surface area contributed by atoms with Crippen LogP contribution in [0.2, 0.25) is 0 Å². The molecule has 21 heavy (non-hydrogen) atoms. The topological polar surface area (TPSA) is 25.8 Å². The van der Waals surface area contributed by atoms with E-state index in [1.165, 1.54) is 11.6 Å². The molecule has 2 aromatic rings. The Hall–Kier alpha value is -1.04. The van der Waals surface area contributed by atoms with Gasteiger partial charge in [0.05, 0.1) is 5.56 Å². The summed E-state index contributed by atoms with van der Waals surface area (Å²) in [7, 11) is 0. The number of hydrogen-bond donors (Lipinski definition) is 0. The predicted octanol–water partition coefficient (Wildman–Crippen LogP) is 4.65. The summed E-state index contributed by atoms with van der Waals surface area (Å²) in [4.78, 5) is 9.23. The van der Waals surface area contributed by atoms with Gasteiger partial charge >= 0.3 is 0 Å². The van der Waals surface area contributed by atoms with E-state index in [1.807, 2.05) is 19.1 Å².